The first kappa shape index (κ1) is 13.1. The highest BCUT2D eigenvalue weighted by molar-refractivity contribution is 5.92. The molecule has 2 nitrogen and oxygen atoms in total. The molecule has 0 saturated heterocycles. The maximum absolute atomic E-state index is 11.9. The Labute approximate surface area is 109 Å². The van der Waals surface area contributed by atoms with Gasteiger partial charge in [0.25, 0.3) is 0 Å². The van der Waals surface area contributed by atoms with Gasteiger partial charge in [0.05, 0.1) is 5.41 Å². The van der Waals surface area contributed by atoms with Gasteiger partial charge in [0.1, 0.15) is 17.6 Å². The Morgan fingerprint density at radius 3 is 2.44 bits per heavy atom. The molecule has 1 aromatic rings. The van der Waals surface area contributed by atoms with Crippen molar-refractivity contribution in [2.75, 3.05) is 0 Å². The van der Waals surface area contributed by atoms with E-state index in [1.165, 1.54) is 5.56 Å². The van der Waals surface area contributed by atoms with Crippen molar-refractivity contribution < 1.29 is 9.53 Å². The molecular formula is C16H22O2. The Balaban J connectivity index is 2.17. The lowest BCUT2D eigenvalue weighted by Gasteiger charge is -2.46. The van der Waals surface area contributed by atoms with Gasteiger partial charge in [-0.15, -0.1) is 0 Å². The molecule has 98 valence electrons. The van der Waals surface area contributed by atoms with Gasteiger partial charge in [-0.05, 0) is 30.9 Å². The molecule has 1 unspecified atom stereocenters. The van der Waals surface area contributed by atoms with E-state index in [4.69, 9.17) is 4.74 Å². The minimum Gasteiger partial charge on any atom is -0.489 e. The number of aryl methyl sites for hydroxylation is 1. The Hall–Kier alpha value is -1.31. The largest absolute Gasteiger partial charge is 0.489 e. The molecule has 0 spiro atoms. The maximum atomic E-state index is 11.9. The van der Waals surface area contributed by atoms with Crippen LogP contribution in [0.5, 0.6) is 5.75 Å². The van der Waals surface area contributed by atoms with Gasteiger partial charge in [-0.3, -0.25) is 4.79 Å². The lowest BCUT2D eigenvalue weighted by atomic mass is 9.61. The molecule has 1 fully saturated rings. The van der Waals surface area contributed by atoms with Crippen LogP contribution in [0, 0.1) is 5.41 Å². The van der Waals surface area contributed by atoms with Crippen LogP contribution >= 0.6 is 0 Å². The summed E-state index contributed by atoms with van der Waals surface area (Å²) in [6, 6.07) is 8.13. The summed E-state index contributed by atoms with van der Waals surface area (Å²) in [6.07, 6.45) is 3.34. The molecule has 1 aromatic carbocycles. The number of rotatable bonds is 5. The first-order valence-corrected chi connectivity index (χ1v) is 6.95. The van der Waals surface area contributed by atoms with Crippen molar-refractivity contribution in [2.45, 2.75) is 52.6 Å². The predicted octanol–water partition coefficient (Wildman–Crippen LogP) is 3.78. The summed E-state index contributed by atoms with van der Waals surface area (Å²) in [7, 11) is 0. The van der Waals surface area contributed by atoms with E-state index in [1.54, 1.807) is 0 Å². The van der Waals surface area contributed by atoms with Crippen LogP contribution in [0.1, 0.15) is 45.6 Å². The minimum atomic E-state index is -0.235. The van der Waals surface area contributed by atoms with Gasteiger partial charge >= 0.3 is 0 Å². The molecule has 2 heteroatoms. The number of Topliss-reactive ketones (excluding diaryl/α,β-unsaturated/α-hetero) is 1. The van der Waals surface area contributed by atoms with Crippen LogP contribution in [-0.2, 0) is 11.2 Å². The smallest absolute Gasteiger partial charge is 0.146 e. The number of hydrogen-bond donors (Lipinski definition) is 0. The van der Waals surface area contributed by atoms with Crippen LogP contribution in [0.2, 0.25) is 0 Å². The normalized spacial score (nSPS) is 21.5. The molecule has 0 N–H and O–H groups in total. The summed E-state index contributed by atoms with van der Waals surface area (Å²) in [5.41, 5.74) is 0.985. The third kappa shape index (κ3) is 1.94. The van der Waals surface area contributed by atoms with Crippen molar-refractivity contribution in [1.29, 1.82) is 0 Å². The van der Waals surface area contributed by atoms with E-state index in [0.717, 1.165) is 25.0 Å². The zero-order chi connectivity index (χ0) is 13.2. The van der Waals surface area contributed by atoms with E-state index >= 15 is 0 Å². The van der Waals surface area contributed by atoms with Crippen molar-refractivity contribution >= 4 is 5.78 Å². The van der Waals surface area contributed by atoms with Gasteiger partial charge in [-0.1, -0.05) is 39.0 Å². The first-order chi connectivity index (χ1) is 8.67. The van der Waals surface area contributed by atoms with Crippen molar-refractivity contribution in [3.8, 4) is 5.75 Å². The highest BCUT2D eigenvalue weighted by Crippen LogP contribution is 2.46. The number of ketones is 1. The Morgan fingerprint density at radius 1 is 1.22 bits per heavy atom. The Bertz CT molecular complexity index is 432. The van der Waals surface area contributed by atoms with E-state index in [2.05, 4.69) is 26.8 Å². The monoisotopic (exact) mass is 246 g/mol. The molecule has 1 atom stereocenters. The summed E-state index contributed by atoms with van der Waals surface area (Å²) in [5.74, 6) is 1.32. The van der Waals surface area contributed by atoms with Crippen LogP contribution in [0.4, 0.5) is 0 Å². The summed E-state index contributed by atoms with van der Waals surface area (Å²) in [4.78, 5) is 11.9. The van der Waals surface area contributed by atoms with Gasteiger partial charge < -0.3 is 4.74 Å². The summed E-state index contributed by atoms with van der Waals surface area (Å²) < 4.78 is 6.12. The number of para-hydroxylation sites is 1. The maximum Gasteiger partial charge on any atom is 0.146 e. The summed E-state index contributed by atoms with van der Waals surface area (Å²) in [5, 5.41) is 0. The first-order valence-electron chi connectivity index (χ1n) is 6.95. The third-order valence-corrected chi connectivity index (χ3v) is 4.43. The summed E-state index contributed by atoms with van der Waals surface area (Å²) in [6.45, 7) is 6.30. The molecule has 1 aliphatic carbocycles. The van der Waals surface area contributed by atoms with E-state index in [-0.39, 0.29) is 11.5 Å². The Kier molecular flexibility index (Phi) is 3.74. The second-order valence-electron chi connectivity index (χ2n) is 5.06. The van der Waals surface area contributed by atoms with Crippen LogP contribution in [0.15, 0.2) is 24.3 Å². The second-order valence-corrected chi connectivity index (χ2v) is 5.06. The molecule has 0 aliphatic heterocycles. The number of carbonyl (C=O) groups is 1. The average molecular weight is 246 g/mol. The number of ether oxygens (including phenoxy) is 1. The number of carbonyl (C=O) groups excluding carboxylic acids is 1. The third-order valence-electron chi connectivity index (χ3n) is 4.43. The van der Waals surface area contributed by atoms with Crippen molar-refractivity contribution in [3.05, 3.63) is 29.8 Å². The fourth-order valence-electron chi connectivity index (χ4n) is 2.93. The number of benzene rings is 1. The summed E-state index contributed by atoms with van der Waals surface area (Å²) >= 11 is 0. The molecule has 0 bridgehead atoms. The molecular weight excluding hydrogens is 224 g/mol. The standard InChI is InChI=1S/C16H22O2/c1-4-12-9-7-8-10-13(12)18-15-11-14(17)16(15,5-2)6-3/h7-10,15H,4-6,11H2,1-3H3. The highest BCUT2D eigenvalue weighted by Gasteiger charge is 2.53. The van der Waals surface area contributed by atoms with Crippen LogP contribution in [-0.4, -0.2) is 11.9 Å². The van der Waals surface area contributed by atoms with Crippen LogP contribution in [0.25, 0.3) is 0 Å². The Morgan fingerprint density at radius 2 is 1.89 bits per heavy atom. The van der Waals surface area contributed by atoms with Gasteiger partial charge in [0.15, 0.2) is 0 Å². The molecule has 1 aliphatic rings. The van der Waals surface area contributed by atoms with E-state index in [0.29, 0.717) is 12.2 Å². The molecule has 2 rings (SSSR count). The van der Waals surface area contributed by atoms with Gasteiger partial charge in [-0.25, -0.2) is 0 Å². The zero-order valence-corrected chi connectivity index (χ0v) is 11.5. The second kappa shape index (κ2) is 5.13. The van der Waals surface area contributed by atoms with Crippen molar-refractivity contribution in [2.24, 2.45) is 5.41 Å². The van der Waals surface area contributed by atoms with E-state index in [9.17, 15) is 4.79 Å². The quantitative estimate of drug-likeness (QED) is 0.790. The van der Waals surface area contributed by atoms with E-state index in [1.807, 2.05) is 18.2 Å². The zero-order valence-electron chi connectivity index (χ0n) is 11.5. The average Bonchev–Trinajstić information content (AvgIpc) is 2.40. The fraction of sp³-hybridized carbons (Fsp3) is 0.562. The van der Waals surface area contributed by atoms with Gasteiger partial charge in [0.2, 0.25) is 0 Å². The minimum absolute atomic E-state index is 0.0627. The lowest BCUT2D eigenvalue weighted by molar-refractivity contribution is -0.153. The van der Waals surface area contributed by atoms with Gasteiger partial charge in [0, 0.05) is 6.42 Å². The number of hydrogen-bond acceptors (Lipinski definition) is 2. The molecule has 1 saturated carbocycles. The topological polar surface area (TPSA) is 26.3 Å². The molecule has 0 radical (unpaired) electrons. The van der Waals surface area contributed by atoms with Crippen LogP contribution in [0.3, 0.4) is 0 Å². The highest BCUT2D eigenvalue weighted by atomic mass is 16.5. The SMILES string of the molecule is CCc1ccccc1OC1CC(=O)C1(CC)CC. The lowest BCUT2D eigenvalue weighted by Crippen LogP contribution is -2.56. The molecule has 0 aromatic heterocycles. The fourth-order valence-corrected chi connectivity index (χ4v) is 2.93. The van der Waals surface area contributed by atoms with Crippen molar-refractivity contribution in [1.82, 2.24) is 0 Å². The predicted molar refractivity (Wildman–Crippen MR) is 72.9 cm³/mol. The van der Waals surface area contributed by atoms with Crippen molar-refractivity contribution in [3.63, 3.8) is 0 Å². The van der Waals surface area contributed by atoms with Crippen LogP contribution < -0.4 is 4.74 Å². The molecule has 0 amide bonds. The molecule has 18 heavy (non-hydrogen) atoms. The molecule has 0 heterocycles. The van der Waals surface area contributed by atoms with E-state index < -0.39 is 0 Å². The van der Waals surface area contributed by atoms with Gasteiger partial charge in [-0.2, -0.15) is 0 Å².